The second kappa shape index (κ2) is 7.34. The molecule has 4 rings (SSSR count). The molecule has 0 bridgehead atoms. The van der Waals surface area contributed by atoms with E-state index in [-0.39, 0.29) is 17.9 Å². The fourth-order valence-corrected chi connectivity index (χ4v) is 3.74. The third-order valence-electron chi connectivity index (χ3n) is 5.24. The lowest BCUT2D eigenvalue weighted by atomic mass is 10.1. The van der Waals surface area contributed by atoms with E-state index in [0.29, 0.717) is 25.2 Å². The molecule has 3 aromatic rings. The van der Waals surface area contributed by atoms with Crippen molar-refractivity contribution in [2.75, 3.05) is 11.9 Å². The van der Waals surface area contributed by atoms with Gasteiger partial charge >= 0.3 is 6.09 Å². The smallest absolute Gasteiger partial charge is 0.404 e. The lowest BCUT2D eigenvalue weighted by Crippen LogP contribution is -2.35. The van der Waals surface area contributed by atoms with Crippen LogP contribution in [0.15, 0.2) is 52.9 Å². The molecule has 1 heterocycles. The first-order chi connectivity index (χ1) is 13.5. The summed E-state index contributed by atoms with van der Waals surface area (Å²) < 4.78 is 5.78. The molecule has 1 fully saturated rings. The molecule has 2 N–H and O–H groups in total. The Kier molecular flexibility index (Phi) is 4.73. The van der Waals surface area contributed by atoms with E-state index in [0.717, 1.165) is 22.4 Å². The molecule has 1 aliphatic carbocycles. The van der Waals surface area contributed by atoms with Crippen molar-refractivity contribution >= 4 is 28.8 Å². The third kappa shape index (κ3) is 3.55. The summed E-state index contributed by atoms with van der Waals surface area (Å²) in [5.74, 6) is 0.378. The normalized spacial score (nSPS) is 18.9. The summed E-state index contributed by atoms with van der Waals surface area (Å²) in [7, 11) is 1.74. The second-order valence-electron chi connectivity index (χ2n) is 7.09. The number of aromatic nitrogens is 1. The van der Waals surface area contributed by atoms with Crippen LogP contribution in [0.25, 0.3) is 22.6 Å². The highest BCUT2D eigenvalue weighted by atomic mass is 16.4. The number of carboxylic acid groups (broad SMARTS) is 1. The van der Waals surface area contributed by atoms with Gasteiger partial charge in [0.2, 0.25) is 11.8 Å². The van der Waals surface area contributed by atoms with Crippen LogP contribution in [-0.4, -0.2) is 35.2 Å². The first kappa shape index (κ1) is 18.0. The highest BCUT2D eigenvalue weighted by Crippen LogP contribution is 2.30. The molecular weight excluding hydrogens is 358 g/mol. The van der Waals surface area contributed by atoms with Crippen LogP contribution in [0.5, 0.6) is 0 Å². The number of amides is 2. The number of oxazole rings is 1. The summed E-state index contributed by atoms with van der Waals surface area (Å²) in [6.45, 7) is 0. The summed E-state index contributed by atoms with van der Waals surface area (Å²) in [6, 6.07) is 14.9. The van der Waals surface area contributed by atoms with Gasteiger partial charge in [0.15, 0.2) is 5.58 Å². The Morgan fingerprint density at radius 3 is 2.61 bits per heavy atom. The predicted octanol–water partition coefficient (Wildman–Crippen LogP) is 3.89. The van der Waals surface area contributed by atoms with Crippen molar-refractivity contribution in [3.8, 4) is 11.5 Å². The van der Waals surface area contributed by atoms with E-state index < -0.39 is 6.09 Å². The summed E-state index contributed by atoms with van der Waals surface area (Å²) in [5, 5.41) is 11.3. The molecule has 7 nitrogen and oxygen atoms in total. The molecule has 0 radical (unpaired) electrons. The number of nitrogens with zero attached hydrogens (tertiary/aromatic N) is 2. The molecule has 2 aromatic carbocycles. The van der Waals surface area contributed by atoms with Gasteiger partial charge in [-0.25, -0.2) is 9.78 Å². The molecule has 28 heavy (non-hydrogen) atoms. The number of nitrogens with one attached hydrogen (secondary N) is 1. The van der Waals surface area contributed by atoms with Gasteiger partial charge in [0.05, 0.1) is 0 Å². The Labute approximate surface area is 162 Å². The van der Waals surface area contributed by atoms with Crippen LogP contribution in [-0.2, 0) is 4.79 Å². The molecule has 144 valence electrons. The first-order valence-corrected chi connectivity index (χ1v) is 9.24. The van der Waals surface area contributed by atoms with E-state index in [2.05, 4.69) is 10.3 Å². The number of hydrogen-bond acceptors (Lipinski definition) is 4. The largest absolute Gasteiger partial charge is 0.465 e. The van der Waals surface area contributed by atoms with Crippen molar-refractivity contribution in [2.24, 2.45) is 5.92 Å². The van der Waals surface area contributed by atoms with Crippen LogP contribution in [0.2, 0.25) is 0 Å². The molecule has 0 spiro atoms. The minimum Gasteiger partial charge on any atom is -0.465 e. The van der Waals surface area contributed by atoms with Gasteiger partial charge in [-0.2, -0.15) is 0 Å². The van der Waals surface area contributed by atoms with Crippen LogP contribution in [0.1, 0.15) is 19.3 Å². The number of anilines is 1. The summed E-state index contributed by atoms with van der Waals surface area (Å²) >= 11 is 0. The molecule has 1 aromatic heterocycles. The van der Waals surface area contributed by atoms with E-state index in [4.69, 9.17) is 9.52 Å². The van der Waals surface area contributed by atoms with E-state index in [1.807, 2.05) is 48.5 Å². The van der Waals surface area contributed by atoms with Crippen molar-refractivity contribution in [3.05, 3.63) is 48.5 Å². The van der Waals surface area contributed by atoms with Crippen molar-refractivity contribution < 1.29 is 19.1 Å². The average Bonchev–Trinajstić information content (AvgIpc) is 3.33. The van der Waals surface area contributed by atoms with Crippen molar-refractivity contribution in [2.45, 2.75) is 25.3 Å². The third-order valence-corrected chi connectivity index (χ3v) is 5.24. The van der Waals surface area contributed by atoms with Gasteiger partial charge in [-0.15, -0.1) is 0 Å². The minimum atomic E-state index is -1.04. The number of carbonyl (C=O) groups excluding carboxylic acids is 1. The fourth-order valence-electron chi connectivity index (χ4n) is 3.74. The van der Waals surface area contributed by atoms with Crippen LogP contribution >= 0.6 is 0 Å². The lowest BCUT2D eigenvalue weighted by molar-refractivity contribution is -0.121. The van der Waals surface area contributed by atoms with E-state index in [9.17, 15) is 9.59 Å². The number of hydrogen-bond donors (Lipinski definition) is 2. The van der Waals surface area contributed by atoms with Crippen LogP contribution in [0, 0.1) is 5.92 Å². The van der Waals surface area contributed by atoms with Gasteiger partial charge in [-0.05, 0) is 55.7 Å². The summed E-state index contributed by atoms with van der Waals surface area (Å²) in [5.41, 5.74) is 3.16. The Morgan fingerprint density at radius 1 is 1.14 bits per heavy atom. The molecular formula is C21H21N3O4. The van der Waals surface area contributed by atoms with Crippen molar-refractivity contribution in [3.63, 3.8) is 0 Å². The Bertz CT molecular complexity index is 979. The van der Waals surface area contributed by atoms with E-state index in [1.54, 1.807) is 11.9 Å². The summed E-state index contributed by atoms with van der Waals surface area (Å²) in [4.78, 5) is 29.7. The molecule has 7 heteroatoms. The van der Waals surface area contributed by atoms with E-state index >= 15 is 0 Å². The molecule has 1 aliphatic rings. The van der Waals surface area contributed by atoms with Gasteiger partial charge in [-0.3, -0.25) is 4.79 Å². The molecule has 2 atom stereocenters. The highest BCUT2D eigenvalue weighted by molar-refractivity contribution is 5.95. The van der Waals surface area contributed by atoms with Gasteiger partial charge in [0, 0.05) is 30.3 Å². The molecule has 2 amide bonds. The minimum absolute atomic E-state index is 0.00398. The molecule has 1 saturated carbocycles. The lowest BCUT2D eigenvalue weighted by Gasteiger charge is -2.21. The number of carbonyl (C=O) groups is 2. The predicted molar refractivity (Wildman–Crippen MR) is 105 cm³/mol. The maximum absolute atomic E-state index is 12.8. The van der Waals surface area contributed by atoms with Crippen molar-refractivity contribution in [1.82, 2.24) is 10.3 Å². The summed E-state index contributed by atoms with van der Waals surface area (Å²) in [6.07, 6.45) is 0.875. The van der Waals surface area contributed by atoms with Gasteiger partial charge in [0.25, 0.3) is 0 Å². The molecule has 0 aliphatic heterocycles. The molecule has 2 unspecified atom stereocenters. The fraction of sp³-hybridized carbons (Fsp3) is 0.286. The highest BCUT2D eigenvalue weighted by Gasteiger charge is 2.32. The van der Waals surface area contributed by atoms with Gasteiger partial charge in [-0.1, -0.05) is 12.1 Å². The Balaban J connectivity index is 1.46. The van der Waals surface area contributed by atoms with Crippen LogP contribution in [0.3, 0.4) is 0 Å². The molecule has 0 saturated heterocycles. The number of fused-ring (bicyclic) bond motifs is 1. The van der Waals surface area contributed by atoms with Gasteiger partial charge in [0.1, 0.15) is 5.52 Å². The monoisotopic (exact) mass is 379 g/mol. The standard InChI is InChI=1S/C21H21N3O4/c1-24(20(25)14-6-9-15(12-14)22-21(26)27)16-10-7-13(8-11-16)19-23-17-4-2-3-5-18(17)28-19/h2-5,7-8,10-11,14-15,22H,6,9,12H2,1H3,(H,26,27). The zero-order valence-corrected chi connectivity index (χ0v) is 15.5. The average molecular weight is 379 g/mol. The zero-order chi connectivity index (χ0) is 19.7. The number of benzene rings is 2. The zero-order valence-electron chi connectivity index (χ0n) is 15.5. The van der Waals surface area contributed by atoms with Crippen molar-refractivity contribution in [1.29, 1.82) is 0 Å². The Morgan fingerprint density at radius 2 is 1.89 bits per heavy atom. The second-order valence-corrected chi connectivity index (χ2v) is 7.09. The number of rotatable bonds is 4. The van der Waals surface area contributed by atoms with Gasteiger partial charge < -0.3 is 19.7 Å². The quantitative estimate of drug-likeness (QED) is 0.717. The maximum atomic E-state index is 12.8. The first-order valence-electron chi connectivity index (χ1n) is 9.24. The Hall–Kier alpha value is -3.35. The van der Waals surface area contributed by atoms with E-state index in [1.165, 1.54) is 0 Å². The SMILES string of the molecule is CN(C(=O)C1CCC(NC(=O)O)C1)c1ccc(-c2nc3ccccc3o2)cc1. The number of para-hydroxylation sites is 2. The van der Waals surface area contributed by atoms with Crippen LogP contribution in [0.4, 0.5) is 10.5 Å². The maximum Gasteiger partial charge on any atom is 0.404 e. The topological polar surface area (TPSA) is 95.7 Å². The van der Waals surface area contributed by atoms with Crippen LogP contribution < -0.4 is 10.2 Å².